The number of carbonyl (C=O) groups is 1. The first kappa shape index (κ1) is 31.2. The Balaban J connectivity index is 1.72. The zero-order valence-corrected chi connectivity index (χ0v) is 23.8. The zero-order valence-electron chi connectivity index (χ0n) is 23.8. The molecule has 0 aliphatic carbocycles. The number of benzene rings is 3. The number of aryl methyl sites for hydroxylation is 1. The summed E-state index contributed by atoms with van der Waals surface area (Å²) in [5, 5.41) is 17.2. The van der Waals surface area contributed by atoms with Crippen LogP contribution in [0.25, 0.3) is 0 Å². The molecule has 7 heteroatoms. The van der Waals surface area contributed by atoms with Crippen molar-refractivity contribution in [2.75, 3.05) is 6.54 Å². The molecule has 0 aliphatic rings. The summed E-state index contributed by atoms with van der Waals surface area (Å²) in [6.07, 6.45) is 3.92. The molecule has 0 fully saturated rings. The van der Waals surface area contributed by atoms with Crippen molar-refractivity contribution in [1.29, 1.82) is 0 Å². The van der Waals surface area contributed by atoms with Gasteiger partial charge in [-0.3, -0.25) is 4.79 Å². The van der Waals surface area contributed by atoms with Gasteiger partial charge in [-0.05, 0) is 72.7 Å². The summed E-state index contributed by atoms with van der Waals surface area (Å²) in [7, 11) is 0. The molecule has 216 valence electrons. The Morgan fingerprint density at radius 2 is 1.55 bits per heavy atom. The van der Waals surface area contributed by atoms with E-state index in [0.717, 1.165) is 43.7 Å². The Labute approximate surface area is 237 Å². The van der Waals surface area contributed by atoms with Crippen molar-refractivity contribution in [3.05, 3.63) is 101 Å². The summed E-state index contributed by atoms with van der Waals surface area (Å²) in [5.41, 5.74) is 3.04. The summed E-state index contributed by atoms with van der Waals surface area (Å²) >= 11 is 0. The molecule has 5 nitrogen and oxygen atoms in total. The van der Waals surface area contributed by atoms with Crippen LogP contribution in [0.1, 0.15) is 73.5 Å². The third-order valence-corrected chi connectivity index (χ3v) is 6.86. The number of rotatable bonds is 16. The summed E-state index contributed by atoms with van der Waals surface area (Å²) in [4.78, 5) is 13.3. The molecule has 0 aliphatic heterocycles. The Kier molecular flexibility index (Phi) is 12.6. The lowest BCUT2D eigenvalue weighted by Crippen LogP contribution is -2.48. The maximum atomic E-state index is 13.9. The average Bonchev–Trinajstić information content (AvgIpc) is 2.92. The molecule has 0 radical (unpaired) electrons. The minimum atomic E-state index is -1.01. The molecule has 1 amide bonds. The molecule has 0 saturated heterocycles. The second-order valence-corrected chi connectivity index (χ2v) is 10.3. The Morgan fingerprint density at radius 3 is 2.23 bits per heavy atom. The quantitative estimate of drug-likeness (QED) is 0.193. The maximum absolute atomic E-state index is 13.9. The van der Waals surface area contributed by atoms with Gasteiger partial charge in [0, 0.05) is 24.7 Å². The molecule has 0 spiro atoms. The van der Waals surface area contributed by atoms with Crippen LogP contribution in [0.4, 0.5) is 8.78 Å². The number of hydrogen-bond acceptors (Lipinski definition) is 4. The third kappa shape index (κ3) is 10.0. The van der Waals surface area contributed by atoms with Crippen molar-refractivity contribution in [2.45, 2.75) is 84.1 Å². The molecule has 3 N–H and O–H groups in total. The third-order valence-electron chi connectivity index (χ3n) is 6.86. The maximum Gasteiger partial charge on any atom is 0.251 e. The van der Waals surface area contributed by atoms with Crippen molar-refractivity contribution in [2.24, 2.45) is 0 Å². The average molecular weight is 553 g/mol. The number of amides is 1. The highest BCUT2D eigenvalue weighted by Gasteiger charge is 2.23. The predicted octanol–water partition coefficient (Wildman–Crippen LogP) is 6.37. The minimum Gasteiger partial charge on any atom is -0.490 e. The SMILES string of the molecule is CCCC(CCC)Oc1cccc(C(=O)N[C@@H](Cc2cc(F)cc(F)c2)[C@@H](O)CNCc2cccc(CC)c2)c1. The minimum absolute atomic E-state index is 0.0554. The molecule has 40 heavy (non-hydrogen) atoms. The fourth-order valence-electron chi connectivity index (χ4n) is 4.79. The van der Waals surface area contributed by atoms with Crippen molar-refractivity contribution in [1.82, 2.24) is 10.6 Å². The smallest absolute Gasteiger partial charge is 0.251 e. The standard InChI is InChI=1S/C33H42F2N2O3/c1-4-9-29(10-5-2)40-30-14-8-13-26(19-30)33(39)37-31(18-25-16-27(34)20-28(35)17-25)32(38)22-36-21-24-12-7-11-23(6-3)15-24/h7-8,11-17,19-20,29,31-32,36,38H,4-6,9-10,18,21-22H2,1-3H3,(H,37,39)/t31-,32-/m0/s1. The van der Waals surface area contributed by atoms with Crippen LogP contribution in [0.2, 0.25) is 0 Å². The largest absolute Gasteiger partial charge is 0.490 e. The second-order valence-electron chi connectivity index (χ2n) is 10.3. The molecular formula is C33H42F2N2O3. The van der Waals surface area contributed by atoms with Crippen LogP contribution in [-0.2, 0) is 19.4 Å². The highest BCUT2D eigenvalue weighted by molar-refractivity contribution is 5.94. The van der Waals surface area contributed by atoms with Crippen molar-refractivity contribution in [3.8, 4) is 5.75 Å². The van der Waals surface area contributed by atoms with E-state index < -0.39 is 29.7 Å². The number of aliphatic hydroxyl groups excluding tert-OH is 1. The van der Waals surface area contributed by atoms with Gasteiger partial charge in [0.25, 0.3) is 5.91 Å². The first-order chi connectivity index (χ1) is 19.3. The lowest BCUT2D eigenvalue weighted by molar-refractivity contribution is 0.0829. The summed E-state index contributed by atoms with van der Waals surface area (Å²) in [5.74, 6) is -1.20. The monoisotopic (exact) mass is 552 g/mol. The van der Waals surface area contributed by atoms with Gasteiger partial charge in [-0.1, -0.05) is 63.9 Å². The van der Waals surface area contributed by atoms with Crippen LogP contribution in [-0.4, -0.2) is 35.8 Å². The van der Waals surface area contributed by atoms with Gasteiger partial charge in [-0.25, -0.2) is 8.78 Å². The van der Waals surface area contributed by atoms with E-state index in [-0.39, 0.29) is 19.1 Å². The molecule has 3 aromatic carbocycles. The van der Waals surface area contributed by atoms with Gasteiger partial charge >= 0.3 is 0 Å². The van der Waals surface area contributed by atoms with Gasteiger partial charge < -0.3 is 20.5 Å². The number of halogens is 2. The van der Waals surface area contributed by atoms with Crippen LogP contribution >= 0.6 is 0 Å². The van der Waals surface area contributed by atoms with Crippen molar-refractivity contribution < 1.29 is 23.4 Å². The fourth-order valence-corrected chi connectivity index (χ4v) is 4.79. The van der Waals surface area contributed by atoms with E-state index in [1.54, 1.807) is 18.2 Å². The van der Waals surface area contributed by atoms with E-state index in [1.807, 2.05) is 18.2 Å². The van der Waals surface area contributed by atoms with Gasteiger partial charge in [0.05, 0.1) is 18.2 Å². The van der Waals surface area contributed by atoms with Crippen LogP contribution in [0.3, 0.4) is 0 Å². The first-order valence-corrected chi connectivity index (χ1v) is 14.3. The molecule has 0 aromatic heterocycles. The van der Waals surface area contributed by atoms with Gasteiger partial charge in [-0.2, -0.15) is 0 Å². The topological polar surface area (TPSA) is 70.6 Å². The van der Waals surface area contributed by atoms with E-state index in [2.05, 4.69) is 43.5 Å². The van der Waals surface area contributed by atoms with E-state index in [9.17, 15) is 18.7 Å². The Hall–Kier alpha value is -3.29. The number of ether oxygens (including phenoxy) is 1. The van der Waals surface area contributed by atoms with Crippen molar-refractivity contribution in [3.63, 3.8) is 0 Å². The number of carbonyl (C=O) groups excluding carboxylic acids is 1. The Bertz CT molecular complexity index is 1190. The number of aliphatic hydroxyl groups is 1. The molecule has 0 heterocycles. The van der Waals surface area contributed by atoms with Gasteiger partial charge in [-0.15, -0.1) is 0 Å². The van der Waals surface area contributed by atoms with Gasteiger partial charge in [0.1, 0.15) is 17.4 Å². The Morgan fingerprint density at radius 1 is 0.875 bits per heavy atom. The summed E-state index contributed by atoms with van der Waals surface area (Å²) in [6, 6.07) is 17.6. The highest BCUT2D eigenvalue weighted by atomic mass is 19.1. The normalized spacial score (nSPS) is 12.8. The number of hydrogen-bond donors (Lipinski definition) is 3. The van der Waals surface area contributed by atoms with E-state index >= 15 is 0 Å². The summed E-state index contributed by atoms with van der Waals surface area (Å²) in [6.45, 7) is 7.04. The van der Waals surface area contributed by atoms with Crippen LogP contribution < -0.4 is 15.4 Å². The molecule has 0 bridgehead atoms. The lowest BCUT2D eigenvalue weighted by atomic mass is 10.00. The molecule has 3 rings (SSSR count). The molecule has 3 aromatic rings. The van der Waals surface area contributed by atoms with E-state index in [0.29, 0.717) is 23.4 Å². The molecule has 2 atom stereocenters. The predicted molar refractivity (Wildman–Crippen MR) is 156 cm³/mol. The number of nitrogens with one attached hydrogen (secondary N) is 2. The van der Waals surface area contributed by atoms with Crippen LogP contribution in [0.5, 0.6) is 5.75 Å². The van der Waals surface area contributed by atoms with Crippen LogP contribution in [0, 0.1) is 11.6 Å². The molecule has 0 saturated carbocycles. The van der Waals surface area contributed by atoms with E-state index in [1.165, 1.54) is 17.7 Å². The van der Waals surface area contributed by atoms with Crippen molar-refractivity contribution >= 4 is 5.91 Å². The zero-order chi connectivity index (χ0) is 28.9. The molecular weight excluding hydrogens is 510 g/mol. The summed E-state index contributed by atoms with van der Waals surface area (Å²) < 4.78 is 34.0. The highest BCUT2D eigenvalue weighted by Crippen LogP contribution is 2.20. The van der Waals surface area contributed by atoms with E-state index in [4.69, 9.17) is 4.74 Å². The fraction of sp³-hybridized carbons (Fsp3) is 0.424. The first-order valence-electron chi connectivity index (χ1n) is 14.3. The lowest BCUT2D eigenvalue weighted by Gasteiger charge is -2.25. The van der Waals surface area contributed by atoms with Gasteiger partial charge in [0.15, 0.2) is 0 Å². The van der Waals surface area contributed by atoms with Crippen LogP contribution in [0.15, 0.2) is 66.7 Å². The van der Waals surface area contributed by atoms with Gasteiger partial charge in [0.2, 0.25) is 0 Å². The second kappa shape index (κ2) is 16.1. The molecule has 0 unspecified atom stereocenters.